The van der Waals surface area contributed by atoms with Crippen molar-refractivity contribution in [3.63, 3.8) is 0 Å². The van der Waals surface area contributed by atoms with Crippen molar-refractivity contribution in [1.29, 1.82) is 0 Å². The van der Waals surface area contributed by atoms with Gasteiger partial charge in [-0.3, -0.25) is 9.78 Å². The quantitative estimate of drug-likeness (QED) is 0.364. The zero-order chi connectivity index (χ0) is 23.0. The number of carbonyl (C=O) groups is 1. The van der Waals surface area contributed by atoms with Gasteiger partial charge in [-0.1, -0.05) is 30.3 Å². The van der Waals surface area contributed by atoms with Gasteiger partial charge in [-0.2, -0.15) is 0 Å². The molecule has 170 valence electrons. The lowest BCUT2D eigenvalue weighted by atomic mass is 10.0. The van der Waals surface area contributed by atoms with Crippen LogP contribution in [0.4, 0.5) is 0 Å². The Morgan fingerprint density at radius 3 is 2.58 bits per heavy atom. The Morgan fingerprint density at radius 1 is 0.970 bits per heavy atom. The van der Waals surface area contributed by atoms with Gasteiger partial charge >= 0.3 is 0 Å². The van der Waals surface area contributed by atoms with E-state index in [-0.39, 0.29) is 5.91 Å². The number of ether oxygens (including phenoxy) is 2. The first kappa shape index (κ1) is 22.4. The van der Waals surface area contributed by atoms with Gasteiger partial charge < -0.3 is 19.8 Å². The summed E-state index contributed by atoms with van der Waals surface area (Å²) in [5, 5.41) is 4.22. The lowest BCUT2D eigenvalue weighted by Gasteiger charge is -2.10. The standard InChI is InChI=1S/C27H29N3O3/c1-32-24-14-13-19(18-25(24)33-2)15-17-29-26(31)12-7-9-21-20-8-3-4-10-22(20)30-27(21)23-11-5-6-16-28-23/h3-6,8,10-11,13-14,16,18,30H,7,9,12,15,17H2,1-2H3,(H,29,31). The van der Waals surface area contributed by atoms with Crippen LogP contribution in [0.1, 0.15) is 24.0 Å². The first-order valence-electron chi connectivity index (χ1n) is 11.2. The van der Waals surface area contributed by atoms with Gasteiger partial charge in [-0.05, 0) is 60.7 Å². The van der Waals surface area contributed by atoms with Crippen LogP contribution < -0.4 is 14.8 Å². The highest BCUT2D eigenvalue weighted by Gasteiger charge is 2.14. The Hall–Kier alpha value is -3.80. The van der Waals surface area contributed by atoms with Crippen LogP contribution in [-0.2, 0) is 17.6 Å². The molecule has 0 aliphatic carbocycles. The largest absolute Gasteiger partial charge is 0.493 e. The summed E-state index contributed by atoms with van der Waals surface area (Å²) >= 11 is 0. The molecule has 0 radical (unpaired) electrons. The first-order chi connectivity index (χ1) is 16.2. The van der Waals surface area contributed by atoms with E-state index in [0.717, 1.165) is 41.7 Å². The highest BCUT2D eigenvalue weighted by Crippen LogP contribution is 2.30. The number of hydrogen-bond acceptors (Lipinski definition) is 4. The molecule has 0 bridgehead atoms. The average molecular weight is 444 g/mol. The predicted octanol–water partition coefficient (Wildman–Crippen LogP) is 4.93. The monoisotopic (exact) mass is 443 g/mol. The summed E-state index contributed by atoms with van der Waals surface area (Å²) in [6, 6.07) is 20.0. The number of fused-ring (bicyclic) bond motifs is 1. The van der Waals surface area contributed by atoms with E-state index in [2.05, 4.69) is 27.4 Å². The highest BCUT2D eigenvalue weighted by molar-refractivity contribution is 5.90. The second-order valence-corrected chi connectivity index (χ2v) is 7.88. The van der Waals surface area contributed by atoms with E-state index in [4.69, 9.17) is 9.47 Å². The molecule has 6 heteroatoms. The topological polar surface area (TPSA) is 76.2 Å². The van der Waals surface area contributed by atoms with E-state index < -0.39 is 0 Å². The third kappa shape index (κ3) is 5.34. The molecule has 4 rings (SSSR count). The molecule has 0 unspecified atom stereocenters. The zero-order valence-electron chi connectivity index (χ0n) is 19.1. The predicted molar refractivity (Wildman–Crippen MR) is 131 cm³/mol. The van der Waals surface area contributed by atoms with Crippen molar-refractivity contribution in [3.8, 4) is 22.9 Å². The summed E-state index contributed by atoms with van der Waals surface area (Å²) in [5.41, 5.74) is 5.34. The Morgan fingerprint density at radius 2 is 1.79 bits per heavy atom. The van der Waals surface area contributed by atoms with Gasteiger partial charge in [-0.25, -0.2) is 0 Å². The van der Waals surface area contributed by atoms with Gasteiger partial charge in [0.15, 0.2) is 11.5 Å². The first-order valence-corrected chi connectivity index (χ1v) is 11.2. The summed E-state index contributed by atoms with van der Waals surface area (Å²) in [4.78, 5) is 20.4. The fourth-order valence-electron chi connectivity index (χ4n) is 4.09. The molecule has 0 saturated heterocycles. The molecule has 0 atom stereocenters. The maximum Gasteiger partial charge on any atom is 0.220 e. The van der Waals surface area contributed by atoms with Gasteiger partial charge in [0.1, 0.15) is 0 Å². The molecule has 0 saturated carbocycles. The van der Waals surface area contributed by atoms with Crippen molar-refractivity contribution in [3.05, 3.63) is 78.0 Å². The number of hydrogen-bond donors (Lipinski definition) is 2. The van der Waals surface area contributed by atoms with Gasteiger partial charge in [0, 0.05) is 30.1 Å². The van der Waals surface area contributed by atoms with Crippen LogP contribution in [0.2, 0.25) is 0 Å². The summed E-state index contributed by atoms with van der Waals surface area (Å²) in [7, 11) is 3.24. The fraction of sp³-hybridized carbons (Fsp3) is 0.259. The zero-order valence-corrected chi connectivity index (χ0v) is 19.1. The number of carbonyl (C=O) groups excluding carboxylic acids is 1. The van der Waals surface area contributed by atoms with Crippen molar-refractivity contribution in [1.82, 2.24) is 15.3 Å². The highest BCUT2D eigenvalue weighted by atomic mass is 16.5. The minimum atomic E-state index is 0.0645. The number of nitrogens with zero attached hydrogens (tertiary/aromatic N) is 1. The minimum absolute atomic E-state index is 0.0645. The molecule has 0 aliphatic heterocycles. The van der Waals surface area contributed by atoms with Gasteiger partial charge in [-0.15, -0.1) is 0 Å². The molecular formula is C27H29N3O3. The van der Waals surface area contributed by atoms with Crippen molar-refractivity contribution >= 4 is 16.8 Å². The van der Waals surface area contributed by atoms with Gasteiger partial charge in [0.25, 0.3) is 0 Å². The number of para-hydroxylation sites is 1. The lowest BCUT2D eigenvalue weighted by Crippen LogP contribution is -2.25. The van der Waals surface area contributed by atoms with Crippen LogP contribution in [-0.4, -0.2) is 36.6 Å². The average Bonchev–Trinajstić information content (AvgIpc) is 3.23. The second kappa shape index (κ2) is 10.7. The second-order valence-electron chi connectivity index (χ2n) is 7.88. The maximum atomic E-state index is 12.4. The molecule has 6 nitrogen and oxygen atoms in total. The van der Waals surface area contributed by atoms with E-state index in [1.54, 1.807) is 20.4 Å². The van der Waals surface area contributed by atoms with E-state index in [0.29, 0.717) is 24.5 Å². The number of benzene rings is 2. The number of methoxy groups -OCH3 is 2. The summed E-state index contributed by atoms with van der Waals surface area (Å²) in [6.45, 7) is 0.584. The molecular weight excluding hydrogens is 414 g/mol. The van der Waals surface area contributed by atoms with Gasteiger partial charge in [0.05, 0.1) is 25.6 Å². The molecule has 0 fully saturated rings. The summed E-state index contributed by atoms with van der Waals surface area (Å²) in [5.74, 6) is 1.46. The Labute approximate surface area is 194 Å². The third-order valence-corrected chi connectivity index (χ3v) is 5.75. The number of nitrogens with one attached hydrogen (secondary N) is 2. The van der Waals surface area contributed by atoms with E-state index in [1.165, 1.54) is 10.9 Å². The number of pyridine rings is 1. The lowest BCUT2D eigenvalue weighted by molar-refractivity contribution is -0.121. The molecule has 1 amide bonds. The number of aromatic amines is 1. The van der Waals surface area contributed by atoms with Crippen molar-refractivity contribution in [2.75, 3.05) is 20.8 Å². The number of amides is 1. The minimum Gasteiger partial charge on any atom is -0.493 e. The van der Waals surface area contributed by atoms with Crippen molar-refractivity contribution in [2.24, 2.45) is 0 Å². The summed E-state index contributed by atoms with van der Waals surface area (Å²) < 4.78 is 10.6. The molecule has 33 heavy (non-hydrogen) atoms. The molecule has 2 heterocycles. The van der Waals surface area contributed by atoms with Crippen LogP contribution in [0.3, 0.4) is 0 Å². The maximum absolute atomic E-state index is 12.4. The van der Waals surface area contributed by atoms with Crippen molar-refractivity contribution in [2.45, 2.75) is 25.7 Å². The SMILES string of the molecule is COc1ccc(CCNC(=O)CCCc2c(-c3ccccn3)[nH]c3ccccc23)cc1OC. The Kier molecular flexibility index (Phi) is 7.25. The van der Waals surface area contributed by atoms with Crippen LogP contribution in [0, 0.1) is 0 Å². The number of aryl methyl sites for hydroxylation is 1. The third-order valence-electron chi connectivity index (χ3n) is 5.75. The van der Waals surface area contributed by atoms with Crippen LogP contribution >= 0.6 is 0 Å². The molecule has 2 aromatic heterocycles. The van der Waals surface area contributed by atoms with E-state index >= 15 is 0 Å². The summed E-state index contributed by atoms with van der Waals surface area (Å²) in [6.07, 6.45) is 4.59. The number of H-pyrrole nitrogens is 1. The smallest absolute Gasteiger partial charge is 0.220 e. The fourth-order valence-corrected chi connectivity index (χ4v) is 4.09. The van der Waals surface area contributed by atoms with E-state index in [9.17, 15) is 4.79 Å². The van der Waals surface area contributed by atoms with Crippen LogP contribution in [0.25, 0.3) is 22.3 Å². The normalized spacial score (nSPS) is 10.8. The van der Waals surface area contributed by atoms with Gasteiger partial charge in [0.2, 0.25) is 5.91 Å². The van der Waals surface area contributed by atoms with Crippen LogP contribution in [0.5, 0.6) is 11.5 Å². The van der Waals surface area contributed by atoms with Crippen molar-refractivity contribution < 1.29 is 14.3 Å². The Balaban J connectivity index is 1.33. The molecule has 0 spiro atoms. The molecule has 0 aliphatic rings. The number of rotatable bonds is 10. The molecule has 4 aromatic rings. The number of aromatic nitrogens is 2. The van der Waals surface area contributed by atoms with Crippen LogP contribution in [0.15, 0.2) is 66.9 Å². The molecule has 2 N–H and O–H groups in total. The molecule has 2 aromatic carbocycles. The Bertz CT molecular complexity index is 1220. The van der Waals surface area contributed by atoms with E-state index in [1.807, 2.05) is 48.5 Å².